The number of aromatic nitrogens is 2. The van der Waals surface area contributed by atoms with Gasteiger partial charge in [0, 0.05) is 65.2 Å². The molecule has 2 aromatic heterocycles. The summed E-state index contributed by atoms with van der Waals surface area (Å²) in [6.07, 6.45) is 0. The highest BCUT2D eigenvalue weighted by Gasteiger charge is 2.45. The lowest BCUT2D eigenvalue weighted by Gasteiger charge is -2.43. The summed E-state index contributed by atoms with van der Waals surface area (Å²) in [5.41, 5.74) is 31.3. The third kappa shape index (κ3) is 13.7. The Labute approximate surface area is 730 Å². The predicted octanol–water partition coefficient (Wildman–Crippen LogP) is 30.5. The highest BCUT2D eigenvalue weighted by atomic mass is 32.2. The summed E-state index contributed by atoms with van der Waals surface area (Å²) < 4.78 is 81.2. The minimum absolute atomic E-state index is 0.00399. The normalized spacial score (nSPS) is 13.9. The smallest absolute Gasteiger partial charge is 0.249 e. The molecule has 2 aliphatic rings. The summed E-state index contributed by atoms with van der Waals surface area (Å²) in [5.74, 6) is 0. The van der Waals surface area contributed by atoms with Crippen LogP contribution in [0.3, 0.4) is 0 Å². The maximum absolute atomic E-state index is 10.1. The van der Waals surface area contributed by atoms with Crippen LogP contribution in [0, 0.1) is 0 Å². The fraction of sp³-hybridized carbons (Fsp3) is 0.172. The van der Waals surface area contributed by atoms with Gasteiger partial charge in [-0.15, -0.1) is 0 Å². The Balaban J connectivity index is 0.971. The number of benzene rings is 16. The standard InChI is InChI=1S/C116H102BN3S/c1-112(2,3)86-50-42-73(43-51-86)79-60-80(74-44-52-87(53-45-74)113(4,5)6)63-83(62-79)84-66-99(85-64-81(75-46-54-88(55-47-75)114(7,8)9)61-82(65-85)76-48-56-89(57-49-76)115(10,11)12)111-101(67-84)117-100-59-58-91(118-102-38-26-22-34-93(102)94-35-23-27-39-103(94)118)70-106(100)120(110-97(77-30-18-16-19-31-77)68-90(116(13,14)15)69-98(110)78-32-20-17-21-33-78)107-71-92(72-108(121-111)109(107)117)119-104-40-28-24-36-95(104)96-37-25-29-41-105(96)119/h16-72H,1-15H3/i22D,23D,26D,27D,34D,35D,38D,39D. The Bertz CT molecular complexity index is 7300. The molecule has 20 rings (SSSR count). The maximum atomic E-state index is 10.1. The molecule has 590 valence electrons. The first kappa shape index (κ1) is 68.1. The van der Waals surface area contributed by atoms with Crippen molar-refractivity contribution in [1.29, 1.82) is 0 Å². The predicted molar refractivity (Wildman–Crippen MR) is 522 cm³/mol. The van der Waals surface area contributed by atoms with Gasteiger partial charge in [0.25, 0.3) is 0 Å². The minimum atomic E-state index is -0.561. The Morgan fingerprint density at radius 2 is 0.636 bits per heavy atom. The van der Waals surface area contributed by atoms with E-state index >= 15 is 0 Å². The molecule has 0 unspecified atom stereocenters. The average Bonchev–Trinajstić information content (AvgIpc) is 1.68. The largest absolute Gasteiger partial charge is 0.310 e. The molecule has 0 radical (unpaired) electrons. The van der Waals surface area contributed by atoms with Crippen molar-refractivity contribution in [3.63, 3.8) is 0 Å². The van der Waals surface area contributed by atoms with Crippen LogP contribution in [-0.4, -0.2) is 15.8 Å². The van der Waals surface area contributed by atoms with E-state index in [0.717, 1.165) is 165 Å². The van der Waals surface area contributed by atoms with E-state index in [9.17, 15) is 11.0 Å². The fourth-order valence-corrected chi connectivity index (χ4v) is 19.8. The second-order valence-corrected chi connectivity index (χ2v) is 39.4. The van der Waals surface area contributed by atoms with Crippen LogP contribution in [0.2, 0.25) is 0 Å². The Hall–Kier alpha value is -12.7. The lowest BCUT2D eigenvalue weighted by Crippen LogP contribution is -2.60. The molecule has 0 bridgehead atoms. The van der Waals surface area contributed by atoms with E-state index in [2.05, 4.69) is 405 Å². The maximum Gasteiger partial charge on any atom is 0.249 e. The summed E-state index contributed by atoms with van der Waals surface area (Å²) in [6.45, 7) is 33.5. The number of fused-ring (bicyclic) bond motifs is 10. The Morgan fingerprint density at radius 1 is 0.264 bits per heavy atom. The number of anilines is 3. The van der Waals surface area contributed by atoms with Crippen LogP contribution in [0.15, 0.2) is 355 Å². The zero-order valence-electron chi connectivity index (χ0n) is 79.6. The molecule has 2 aliphatic heterocycles. The van der Waals surface area contributed by atoms with E-state index in [0.29, 0.717) is 5.69 Å². The number of hydrogen-bond donors (Lipinski definition) is 0. The van der Waals surface area contributed by atoms with Gasteiger partial charge in [-0.3, -0.25) is 0 Å². The average molecular weight is 1590 g/mol. The molecule has 0 amide bonds. The minimum Gasteiger partial charge on any atom is -0.310 e. The first-order chi connectivity index (χ1) is 61.4. The molecular weight excluding hydrogens is 1480 g/mol. The highest BCUT2D eigenvalue weighted by molar-refractivity contribution is 8.00. The van der Waals surface area contributed by atoms with E-state index in [-0.39, 0.29) is 61.0 Å². The van der Waals surface area contributed by atoms with Gasteiger partial charge in [-0.2, -0.15) is 0 Å². The molecule has 0 saturated carbocycles. The van der Waals surface area contributed by atoms with E-state index in [4.69, 9.17) is 0 Å². The quantitative estimate of drug-likeness (QED) is 0.120. The van der Waals surface area contributed by atoms with Crippen molar-refractivity contribution in [2.24, 2.45) is 0 Å². The molecule has 0 atom stereocenters. The van der Waals surface area contributed by atoms with Gasteiger partial charge in [-0.1, -0.05) is 364 Å². The van der Waals surface area contributed by atoms with Crippen molar-refractivity contribution in [1.82, 2.24) is 9.13 Å². The number of rotatable bonds is 11. The van der Waals surface area contributed by atoms with E-state index in [1.807, 2.05) is 17.8 Å². The van der Waals surface area contributed by atoms with Crippen LogP contribution < -0.4 is 21.3 Å². The van der Waals surface area contributed by atoms with Crippen molar-refractivity contribution < 1.29 is 11.0 Å². The molecule has 3 nitrogen and oxygen atoms in total. The summed E-state index contributed by atoms with van der Waals surface area (Å²) in [7, 11) is 0. The van der Waals surface area contributed by atoms with Crippen LogP contribution in [0.1, 0.15) is 143 Å². The molecule has 121 heavy (non-hydrogen) atoms. The van der Waals surface area contributed by atoms with Gasteiger partial charge in [0.2, 0.25) is 6.71 Å². The van der Waals surface area contributed by atoms with Crippen LogP contribution in [-0.2, 0) is 27.1 Å². The Kier molecular flexibility index (Phi) is 16.4. The van der Waals surface area contributed by atoms with Gasteiger partial charge in [0.1, 0.15) is 0 Å². The topological polar surface area (TPSA) is 13.1 Å². The second kappa shape index (κ2) is 29.1. The van der Waals surface area contributed by atoms with Crippen LogP contribution in [0.5, 0.6) is 0 Å². The monoisotopic (exact) mass is 1590 g/mol. The number of hydrogen-bond acceptors (Lipinski definition) is 2. The number of nitrogens with zero attached hydrogens (tertiary/aromatic N) is 3. The van der Waals surface area contributed by atoms with Gasteiger partial charge in [0.05, 0.1) is 38.7 Å². The van der Waals surface area contributed by atoms with Crippen LogP contribution in [0.4, 0.5) is 17.1 Å². The molecule has 4 heterocycles. The molecule has 0 fully saturated rings. The molecule has 0 spiro atoms. The van der Waals surface area contributed by atoms with E-state index in [1.165, 1.54) is 22.3 Å². The van der Waals surface area contributed by atoms with E-state index < -0.39 is 43.0 Å². The van der Waals surface area contributed by atoms with Crippen LogP contribution >= 0.6 is 11.8 Å². The van der Waals surface area contributed by atoms with Crippen molar-refractivity contribution in [3.8, 4) is 100 Å². The summed E-state index contributed by atoms with van der Waals surface area (Å²) >= 11 is 1.82. The second-order valence-electron chi connectivity index (χ2n) is 38.4. The van der Waals surface area contributed by atoms with Crippen molar-refractivity contribution >= 4 is 95.5 Å². The third-order valence-corrected chi connectivity index (χ3v) is 26.4. The molecule has 5 heteroatoms. The molecule has 16 aromatic carbocycles. The zero-order chi connectivity index (χ0) is 90.3. The van der Waals surface area contributed by atoms with Crippen molar-refractivity contribution in [2.75, 3.05) is 4.90 Å². The third-order valence-electron chi connectivity index (χ3n) is 25.2. The first-order valence-corrected chi connectivity index (χ1v) is 43.3. The zero-order valence-corrected chi connectivity index (χ0v) is 72.4. The van der Waals surface area contributed by atoms with Crippen molar-refractivity contribution in [2.45, 2.75) is 141 Å². The lowest BCUT2D eigenvalue weighted by atomic mass is 9.34. The fourth-order valence-electron chi connectivity index (χ4n) is 18.5. The van der Waals surface area contributed by atoms with Crippen molar-refractivity contribution in [3.05, 3.63) is 373 Å². The van der Waals surface area contributed by atoms with Gasteiger partial charge in [-0.05, 0) is 247 Å². The number of para-hydroxylation sites is 4. The van der Waals surface area contributed by atoms with Gasteiger partial charge >= 0.3 is 0 Å². The summed E-state index contributed by atoms with van der Waals surface area (Å²) in [5, 5.41) is 2.23. The van der Waals surface area contributed by atoms with Gasteiger partial charge in [0.15, 0.2) is 0 Å². The van der Waals surface area contributed by atoms with Gasteiger partial charge in [-0.25, -0.2) is 0 Å². The molecular formula is C116H102BN3S. The van der Waals surface area contributed by atoms with Gasteiger partial charge < -0.3 is 14.0 Å². The summed E-state index contributed by atoms with van der Waals surface area (Å²) in [4.78, 5) is 4.60. The summed E-state index contributed by atoms with van der Waals surface area (Å²) in [6, 6.07) is 107. The SMILES string of the molecule is [2H]c1c([2H])c([2H])c2c(c1[2H])c1c([2H])c([2H])c([2H])c([2H])c1n2-c1ccc2c(c1)N(c1c(-c3ccccc3)cc(C(C)(C)C)cc1-c1ccccc1)c1cc(-n3c4ccccc4c4ccccc43)cc3c1B2c1cc(-c2cc(-c4ccc(C(C)(C)C)cc4)cc(-c4ccc(C(C)(C)C)cc4)c2)cc(-c2cc(-c4ccc(C(C)(C)C)cc4)cc(-c4ccc(C(C)(C)C)cc4)c2)c1S3. The molecule has 0 saturated heterocycles. The first-order valence-electron chi connectivity index (χ1n) is 46.5. The highest BCUT2D eigenvalue weighted by Crippen LogP contribution is 2.54. The van der Waals surface area contributed by atoms with Crippen LogP contribution in [0.25, 0.3) is 144 Å². The van der Waals surface area contributed by atoms with E-state index in [1.54, 1.807) is 4.57 Å². The Morgan fingerprint density at radius 3 is 1.07 bits per heavy atom. The molecule has 0 aliphatic carbocycles. The lowest BCUT2D eigenvalue weighted by molar-refractivity contribution is 0.590. The molecule has 18 aromatic rings. The molecule has 0 N–H and O–H groups in total.